The molecule has 7 heteroatoms. The Kier molecular flexibility index (Phi) is 13.5. The molecule has 1 aliphatic heterocycles. The van der Waals surface area contributed by atoms with Gasteiger partial charge in [0, 0.05) is 0 Å². The lowest BCUT2D eigenvalue weighted by molar-refractivity contribution is -0.145. The fourth-order valence-corrected chi connectivity index (χ4v) is 3.14. The molecule has 0 aromatic carbocycles. The van der Waals surface area contributed by atoms with Gasteiger partial charge in [0.05, 0.1) is 72.7 Å². The maximum absolute atomic E-state index is 5.66. The summed E-state index contributed by atoms with van der Waals surface area (Å²) in [5, 5.41) is 0. The van der Waals surface area contributed by atoms with E-state index in [-0.39, 0.29) is 6.10 Å². The van der Waals surface area contributed by atoms with Crippen molar-refractivity contribution < 1.29 is 33.2 Å². The van der Waals surface area contributed by atoms with Gasteiger partial charge in [-0.15, -0.1) is 0 Å². The van der Waals surface area contributed by atoms with E-state index >= 15 is 0 Å². The summed E-state index contributed by atoms with van der Waals surface area (Å²) in [5.41, 5.74) is 1.39. The van der Waals surface area contributed by atoms with Crippen LogP contribution in [0.1, 0.15) is 39.5 Å². The lowest BCUT2D eigenvalue weighted by Gasteiger charge is -2.17. The van der Waals surface area contributed by atoms with E-state index in [1.165, 1.54) is 24.8 Å². The Morgan fingerprint density at radius 3 is 2.03 bits per heavy atom. The van der Waals surface area contributed by atoms with Crippen LogP contribution in [0.15, 0.2) is 23.8 Å². The van der Waals surface area contributed by atoms with Crippen LogP contribution in [0.4, 0.5) is 0 Å². The third-order valence-corrected chi connectivity index (χ3v) is 4.71. The molecule has 30 heavy (non-hydrogen) atoms. The van der Waals surface area contributed by atoms with Gasteiger partial charge >= 0.3 is 0 Å². The van der Waals surface area contributed by atoms with Crippen LogP contribution in [0, 0.1) is 0 Å². The number of hydrogen-bond acceptors (Lipinski definition) is 7. The lowest BCUT2D eigenvalue weighted by Crippen LogP contribution is -2.24. The molecule has 1 fully saturated rings. The van der Waals surface area contributed by atoms with Crippen molar-refractivity contribution in [3.8, 4) is 0 Å². The van der Waals surface area contributed by atoms with Crippen molar-refractivity contribution in [3.63, 3.8) is 0 Å². The van der Waals surface area contributed by atoms with E-state index in [1.807, 2.05) is 13.8 Å². The fraction of sp³-hybridized carbons (Fsp3) is 0.826. The Labute approximate surface area is 181 Å². The first-order chi connectivity index (χ1) is 14.7. The van der Waals surface area contributed by atoms with Crippen LogP contribution in [0.25, 0.3) is 0 Å². The van der Waals surface area contributed by atoms with E-state index in [0.717, 1.165) is 13.0 Å². The molecule has 0 radical (unpaired) electrons. The minimum Gasteiger partial charge on any atom is -0.379 e. The maximum Gasteiger partial charge on any atom is 0.163 e. The second-order valence-corrected chi connectivity index (χ2v) is 7.84. The van der Waals surface area contributed by atoms with Crippen molar-refractivity contribution in [3.05, 3.63) is 23.8 Å². The quantitative estimate of drug-likeness (QED) is 0.329. The second kappa shape index (κ2) is 15.9. The van der Waals surface area contributed by atoms with E-state index in [2.05, 4.69) is 18.2 Å². The van der Waals surface area contributed by atoms with Crippen LogP contribution >= 0.6 is 0 Å². The monoisotopic (exact) mass is 428 g/mol. The zero-order valence-electron chi connectivity index (χ0n) is 18.8. The van der Waals surface area contributed by atoms with Crippen LogP contribution in [0.5, 0.6) is 0 Å². The van der Waals surface area contributed by atoms with Crippen molar-refractivity contribution in [2.24, 2.45) is 0 Å². The van der Waals surface area contributed by atoms with Gasteiger partial charge in [0.25, 0.3) is 0 Å². The van der Waals surface area contributed by atoms with Gasteiger partial charge in [0.1, 0.15) is 6.10 Å². The third kappa shape index (κ3) is 12.8. The van der Waals surface area contributed by atoms with Gasteiger partial charge < -0.3 is 33.2 Å². The highest BCUT2D eigenvalue weighted by Gasteiger charge is 2.32. The molecule has 0 bridgehead atoms. The molecule has 0 N–H and O–H groups in total. The average molecular weight is 429 g/mol. The summed E-state index contributed by atoms with van der Waals surface area (Å²) in [6.45, 7) is 10.2. The van der Waals surface area contributed by atoms with Gasteiger partial charge in [-0.2, -0.15) is 0 Å². The van der Waals surface area contributed by atoms with Gasteiger partial charge in [-0.05, 0) is 39.5 Å². The first-order valence-electron chi connectivity index (χ1n) is 11.2. The molecule has 1 atom stereocenters. The number of rotatable bonds is 17. The maximum atomic E-state index is 5.66. The number of ether oxygens (including phenoxy) is 7. The molecule has 1 heterocycles. The summed E-state index contributed by atoms with van der Waals surface area (Å²) < 4.78 is 38.8. The molecule has 0 saturated carbocycles. The first-order valence-corrected chi connectivity index (χ1v) is 11.2. The van der Waals surface area contributed by atoms with Crippen LogP contribution in [0.3, 0.4) is 0 Å². The smallest absolute Gasteiger partial charge is 0.163 e. The van der Waals surface area contributed by atoms with E-state index in [0.29, 0.717) is 66.1 Å². The Morgan fingerprint density at radius 1 is 0.833 bits per heavy atom. The number of hydrogen-bond donors (Lipinski definition) is 0. The van der Waals surface area contributed by atoms with Crippen molar-refractivity contribution in [1.29, 1.82) is 0 Å². The summed E-state index contributed by atoms with van der Waals surface area (Å²) in [5.74, 6) is -0.498. The Hall–Kier alpha value is -0.800. The van der Waals surface area contributed by atoms with Crippen LogP contribution in [0.2, 0.25) is 0 Å². The fourth-order valence-electron chi connectivity index (χ4n) is 3.14. The third-order valence-electron chi connectivity index (χ3n) is 4.71. The summed E-state index contributed by atoms with van der Waals surface area (Å²) in [4.78, 5) is 0. The lowest BCUT2D eigenvalue weighted by atomic mass is 10.1. The van der Waals surface area contributed by atoms with Gasteiger partial charge in [-0.1, -0.05) is 23.8 Å². The largest absolute Gasteiger partial charge is 0.379 e. The van der Waals surface area contributed by atoms with Crippen molar-refractivity contribution in [1.82, 2.24) is 0 Å². The first kappa shape index (κ1) is 25.5. The number of allylic oxidation sites excluding steroid dienone is 3. The zero-order valence-corrected chi connectivity index (χ0v) is 18.8. The molecular weight excluding hydrogens is 388 g/mol. The Balaban J connectivity index is 1.24. The Bertz CT molecular complexity index is 490. The minimum absolute atomic E-state index is 0.00441. The zero-order chi connectivity index (χ0) is 21.3. The molecule has 174 valence electrons. The average Bonchev–Trinajstić information content (AvgIpc) is 2.91. The normalized spacial score (nSPS) is 21.0. The van der Waals surface area contributed by atoms with Crippen molar-refractivity contribution >= 4 is 0 Å². The molecule has 1 aliphatic carbocycles. The standard InChI is InChI=1S/C23H40O7/c1-23(2)29-20-22(30-23)19-28-18-17-27-16-15-26-14-13-25-12-11-24-10-9-21-7-5-3-4-6-8-21/h5,7-8,22H,3-4,6,9-20H2,1-2H3. The predicted molar refractivity (Wildman–Crippen MR) is 115 cm³/mol. The van der Waals surface area contributed by atoms with E-state index in [4.69, 9.17) is 33.2 Å². The predicted octanol–water partition coefficient (Wildman–Crippen LogP) is 3.28. The van der Waals surface area contributed by atoms with Crippen LogP contribution < -0.4 is 0 Å². The minimum atomic E-state index is -0.498. The topological polar surface area (TPSA) is 64.6 Å². The van der Waals surface area contributed by atoms with Gasteiger partial charge in [0.2, 0.25) is 0 Å². The molecule has 7 nitrogen and oxygen atoms in total. The molecular formula is C23H40O7. The summed E-state index contributed by atoms with van der Waals surface area (Å²) in [6.07, 6.45) is 11.4. The van der Waals surface area contributed by atoms with Crippen LogP contribution in [-0.4, -0.2) is 84.6 Å². The van der Waals surface area contributed by atoms with Crippen LogP contribution in [-0.2, 0) is 33.2 Å². The van der Waals surface area contributed by atoms with E-state index in [1.54, 1.807) is 0 Å². The summed E-state index contributed by atoms with van der Waals surface area (Å²) >= 11 is 0. The van der Waals surface area contributed by atoms with E-state index < -0.39 is 5.79 Å². The molecule has 2 aliphatic rings. The van der Waals surface area contributed by atoms with Gasteiger partial charge in [-0.3, -0.25) is 0 Å². The van der Waals surface area contributed by atoms with Crippen molar-refractivity contribution in [2.45, 2.75) is 51.4 Å². The Morgan fingerprint density at radius 2 is 1.43 bits per heavy atom. The summed E-state index contributed by atoms with van der Waals surface area (Å²) in [6, 6.07) is 0. The summed E-state index contributed by atoms with van der Waals surface area (Å²) in [7, 11) is 0. The molecule has 0 amide bonds. The molecule has 2 rings (SSSR count). The molecule has 1 unspecified atom stereocenters. The molecule has 0 spiro atoms. The molecule has 0 aromatic rings. The highest BCUT2D eigenvalue weighted by Crippen LogP contribution is 2.22. The molecule has 1 saturated heterocycles. The highest BCUT2D eigenvalue weighted by atomic mass is 16.7. The molecule has 0 aromatic heterocycles. The highest BCUT2D eigenvalue weighted by molar-refractivity contribution is 5.20. The SMILES string of the molecule is CC1(C)OCC(COCCOCCOCCOCCOCCC2=CCCCC=C2)O1. The van der Waals surface area contributed by atoms with Gasteiger partial charge in [0.15, 0.2) is 5.79 Å². The second-order valence-electron chi connectivity index (χ2n) is 7.84. The van der Waals surface area contributed by atoms with E-state index in [9.17, 15) is 0 Å². The van der Waals surface area contributed by atoms with Gasteiger partial charge in [-0.25, -0.2) is 0 Å². The van der Waals surface area contributed by atoms with Crippen molar-refractivity contribution in [2.75, 3.05) is 72.7 Å².